The highest BCUT2D eigenvalue weighted by atomic mass is 16.3. The minimum Gasteiger partial charge on any atom is -0.436 e. The number of oxazole rings is 1. The minimum absolute atomic E-state index is 0.224. The first-order chi connectivity index (χ1) is 14.2. The SMILES string of the molecule is Cc1cccc(-c2nc3ccccc3o2)c1C(=O)Nc1cccc2cccnc12. The molecule has 140 valence electrons. The van der Waals surface area contributed by atoms with Gasteiger partial charge in [-0.25, -0.2) is 4.98 Å². The van der Waals surface area contributed by atoms with E-state index in [0.29, 0.717) is 28.3 Å². The van der Waals surface area contributed by atoms with Crippen LogP contribution in [0.1, 0.15) is 15.9 Å². The molecule has 5 aromatic rings. The number of carbonyl (C=O) groups excluding carboxylic acids is 1. The zero-order valence-electron chi connectivity index (χ0n) is 15.7. The fourth-order valence-corrected chi connectivity index (χ4v) is 3.52. The Morgan fingerprint density at radius 1 is 0.931 bits per heavy atom. The van der Waals surface area contributed by atoms with Crippen LogP contribution in [0.3, 0.4) is 0 Å². The van der Waals surface area contributed by atoms with Crippen molar-refractivity contribution in [2.75, 3.05) is 5.32 Å². The molecule has 0 aliphatic rings. The standard InChI is InChI=1S/C24H17N3O2/c1-15-7-4-10-17(24-27-18-11-2-3-13-20(18)29-24)21(15)23(28)26-19-12-5-8-16-9-6-14-25-22(16)19/h2-14H,1H3,(H,26,28). The van der Waals surface area contributed by atoms with Gasteiger partial charge in [-0.15, -0.1) is 0 Å². The molecular weight excluding hydrogens is 362 g/mol. The van der Waals surface area contributed by atoms with E-state index < -0.39 is 0 Å². The third-order valence-electron chi connectivity index (χ3n) is 4.91. The molecule has 0 fully saturated rings. The number of aromatic nitrogens is 2. The number of nitrogens with zero attached hydrogens (tertiary/aromatic N) is 2. The number of hydrogen-bond donors (Lipinski definition) is 1. The zero-order valence-corrected chi connectivity index (χ0v) is 15.7. The minimum atomic E-state index is -0.224. The van der Waals surface area contributed by atoms with E-state index in [-0.39, 0.29) is 5.91 Å². The number of carbonyl (C=O) groups is 1. The second-order valence-corrected chi connectivity index (χ2v) is 6.82. The summed E-state index contributed by atoms with van der Waals surface area (Å²) in [5.41, 5.74) is 4.90. The first-order valence-corrected chi connectivity index (χ1v) is 9.31. The maximum Gasteiger partial charge on any atom is 0.256 e. The smallest absolute Gasteiger partial charge is 0.256 e. The van der Waals surface area contributed by atoms with Crippen LogP contribution in [0.5, 0.6) is 0 Å². The van der Waals surface area contributed by atoms with Gasteiger partial charge in [0.15, 0.2) is 5.58 Å². The van der Waals surface area contributed by atoms with Gasteiger partial charge in [-0.1, -0.05) is 42.5 Å². The Bertz CT molecular complexity index is 1330. The maximum absolute atomic E-state index is 13.3. The number of anilines is 1. The molecule has 0 spiro atoms. The van der Waals surface area contributed by atoms with E-state index in [0.717, 1.165) is 22.0 Å². The second kappa shape index (κ2) is 6.87. The lowest BCUT2D eigenvalue weighted by Crippen LogP contribution is -2.15. The molecule has 5 rings (SSSR count). The summed E-state index contributed by atoms with van der Waals surface area (Å²) in [5.74, 6) is 0.203. The number of aryl methyl sites for hydroxylation is 1. The van der Waals surface area contributed by atoms with Crippen LogP contribution in [0.4, 0.5) is 5.69 Å². The molecule has 0 saturated heterocycles. The summed E-state index contributed by atoms with van der Waals surface area (Å²) in [6.45, 7) is 1.91. The molecule has 1 N–H and O–H groups in total. The average Bonchev–Trinajstić information content (AvgIpc) is 3.18. The summed E-state index contributed by atoms with van der Waals surface area (Å²) in [6, 6.07) is 22.8. The van der Waals surface area contributed by atoms with Gasteiger partial charge in [-0.3, -0.25) is 9.78 Å². The van der Waals surface area contributed by atoms with Gasteiger partial charge in [0, 0.05) is 11.6 Å². The van der Waals surface area contributed by atoms with Crippen LogP contribution in [-0.4, -0.2) is 15.9 Å². The zero-order chi connectivity index (χ0) is 19.8. The van der Waals surface area contributed by atoms with Gasteiger partial charge in [0.05, 0.1) is 22.3 Å². The van der Waals surface area contributed by atoms with Crippen molar-refractivity contribution in [1.82, 2.24) is 9.97 Å². The lowest BCUT2D eigenvalue weighted by atomic mass is 10.0. The quantitative estimate of drug-likeness (QED) is 0.443. The van der Waals surface area contributed by atoms with Crippen LogP contribution in [0.2, 0.25) is 0 Å². The van der Waals surface area contributed by atoms with Gasteiger partial charge in [-0.05, 0) is 42.8 Å². The van der Waals surface area contributed by atoms with Crippen LogP contribution in [0.25, 0.3) is 33.5 Å². The highest BCUT2D eigenvalue weighted by molar-refractivity contribution is 6.12. The van der Waals surface area contributed by atoms with Crippen molar-refractivity contribution in [1.29, 1.82) is 0 Å². The average molecular weight is 379 g/mol. The van der Waals surface area contributed by atoms with Crippen molar-refractivity contribution in [3.8, 4) is 11.5 Å². The van der Waals surface area contributed by atoms with E-state index >= 15 is 0 Å². The largest absolute Gasteiger partial charge is 0.436 e. The molecule has 0 saturated carbocycles. The van der Waals surface area contributed by atoms with Crippen LogP contribution < -0.4 is 5.32 Å². The molecule has 0 bridgehead atoms. The van der Waals surface area contributed by atoms with Crippen LogP contribution in [-0.2, 0) is 0 Å². The summed E-state index contributed by atoms with van der Waals surface area (Å²) in [5, 5.41) is 3.98. The maximum atomic E-state index is 13.3. The Labute approximate surface area is 167 Å². The number of amides is 1. The fourth-order valence-electron chi connectivity index (χ4n) is 3.52. The van der Waals surface area contributed by atoms with Gasteiger partial charge in [0.1, 0.15) is 5.52 Å². The molecule has 0 atom stereocenters. The first kappa shape index (κ1) is 17.1. The third kappa shape index (κ3) is 3.02. The normalized spacial score (nSPS) is 11.1. The predicted molar refractivity (Wildman–Crippen MR) is 114 cm³/mol. The Kier molecular flexibility index (Phi) is 4.06. The number of benzene rings is 3. The Morgan fingerprint density at radius 2 is 1.76 bits per heavy atom. The van der Waals surface area contributed by atoms with Crippen molar-refractivity contribution in [3.05, 3.63) is 90.1 Å². The van der Waals surface area contributed by atoms with E-state index in [2.05, 4.69) is 15.3 Å². The molecule has 5 heteroatoms. The number of pyridine rings is 1. The molecule has 5 nitrogen and oxygen atoms in total. The van der Waals surface area contributed by atoms with Crippen molar-refractivity contribution >= 4 is 33.6 Å². The summed E-state index contributed by atoms with van der Waals surface area (Å²) < 4.78 is 5.92. The van der Waals surface area contributed by atoms with Gasteiger partial charge >= 0.3 is 0 Å². The van der Waals surface area contributed by atoms with Crippen molar-refractivity contribution in [3.63, 3.8) is 0 Å². The molecule has 2 heterocycles. The molecule has 0 aliphatic heterocycles. The number of para-hydroxylation sites is 3. The predicted octanol–water partition coefficient (Wildman–Crippen LogP) is 5.60. The van der Waals surface area contributed by atoms with Gasteiger partial charge < -0.3 is 9.73 Å². The van der Waals surface area contributed by atoms with E-state index in [1.54, 1.807) is 6.20 Å². The lowest BCUT2D eigenvalue weighted by Gasteiger charge is -2.12. The highest BCUT2D eigenvalue weighted by Gasteiger charge is 2.20. The van der Waals surface area contributed by atoms with Gasteiger partial charge in [-0.2, -0.15) is 0 Å². The van der Waals surface area contributed by atoms with E-state index in [1.807, 2.05) is 79.7 Å². The van der Waals surface area contributed by atoms with E-state index in [9.17, 15) is 4.79 Å². The molecule has 29 heavy (non-hydrogen) atoms. The first-order valence-electron chi connectivity index (χ1n) is 9.31. The Balaban J connectivity index is 1.59. The fraction of sp³-hybridized carbons (Fsp3) is 0.0417. The monoisotopic (exact) mass is 379 g/mol. The van der Waals surface area contributed by atoms with Crippen LogP contribution in [0.15, 0.2) is 83.4 Å². The number of fused-ring (bicyclic) bond motifs is 2. The number of hydrogen-bond acceptors (Lipinski definition) is 4. The summed E-state index contributed by atoms with van der Waals surface area (Å²) in [6.07, 6.45) is 1.72. The topological polar surface area (TPSA) is 68.0 Å². The molecular formula is C24H17N3O2. The molecule has 2 aromatic heterocycles. The van der Waals surface area contributed by atoms with Crippen LogP contribution in [0, 0.1) is 6.92 Å². The summed E-state index contributed by atoms with van der Waals surface area (Å²) >= 11 is 0. The molecule has 0 aliphatic carbocycles. The molecule has 0 unspecified atom stereocenters. The Hall–Kier alpha value is -3.99. The van der Waals surface area contributed by atoms with Crippen molar-refractivity contribution < 1.29 is 9.21 Å². The van der Waals surface area contributed by atoms with Gasteiger partial charge in [0.2, 0.25) is 5.89 Å². The molecule has 3 aromatic carbocycles. The van der Waals surface area contributed by atoms with Gasteiger partial charge in [0.25, 0.3) is 5.91 Å². The third-order valence-corrected chi connectivity index (χ3v) is 4.91. The van der Waals surface area contributed by atoms with Crippen LogP contribution >= 0.6 is 0 Å². The van der Waals surface area contributed by atoms with E-state index in [4.69, 9.17) is 4.42 Å². The Morgan fingerprint density at radius 3 is 2.66 bits per heavy atom. The number of rotatable bonds is 3. The summed E-state index contributed by atoms with van der Waals surface area (Å²) in [7, 11) is 0. The molecule has 1 amide bonds. The van der Waals surface area contributed by atoms with Crippen molar-refractivity contribution in [2.24, 2.45) is 0 Å². The molecule has 0 radical (unpaired) electrons. The highest BCUT2D eigenvalue weighted by Crippen LogP contribution is 2.30. The lowest BCUT2D eigenvalue weighted by molar-refractivity contribution is 0.102. The second-order valence-electron chi connectivity index (χ2n) is 6.82. The van der Waals surface area contributed by atoms with E-state index in [1.165, 1.54) is 0 Å². The van der Waals surface area contributed by atoms with Crippen molar-refractivity contribution in [2.45, 2.75) is 6.92 Å². The number of nitrogens with one attached hydrogen (secondary N) is 1. The summed E-state index contributed by atoms with van der Waals surface area (Å²) in [4.78, 5) is 22.3.